The molecular weight excluding hydrogens is 276 g/mol. The van der Waals surface area contributed by atoms with E-state index in [4.69, 9.17) is 14.0 Å². The number of thioether (sulfide) groups is 1. The minimum atomic E-state index is 0. The van der Waals surface area contributed by atoms with Crippen LogP contribution in [-0.2, 0) is 31.3 Å². The average Bonchev–Trinajstić information content (AvgIpc) is 2.45. The molecule has 1 aromatic carbocycles. The van der Waals surface area contributed by atoms with Crippen molar-refractivity contribution in [3.63, 3.8) is 0 Å². The minimum absolute atomic E-state index is 0. The van der Waals surface area contributed by atoms with Gasteiger partial charge in [-0.1, -0.05) is 30.9 Å². The number of hydrogen-bond acceptors (Lipinski definition) is 1. The molecule has 0 amide bonds. The quantitative estimate of drug-likeness (QED) is 0.468. The standard InChI is InChI=1S/C9H10S.3CO.Cr/c1-3-8-6-4-5-7-9(8)10-2;3*1-2;/h3-7H,1H2,2H3;;;;. The Balaban J connectivity index is -0.000000106. The van der Waals surface area contributed by atoms with Crippen molar-refractivity contribution in [2.75, 3.05) is 6.26 Å². The van der Waals surface area contributed by atoms with Crippen LogP contribution in [0.15, 0.2) is 35.7 Å². The Kier molecular flexibility index (Phi) is 35.9. The fourth-order valence-corrected chi connectivity index (χ4v) is 1.44. The van der Waals surface area contributed by atoms with Crippen LogP contribution in [0.1, 0.15) is 5.56 Å². The maximum Gasteiger partial charge on any atom is 0 e. The molecule has 0 heterocycles. The summed E-state index contributed by atoms with van der Waals surface area (Å²) in [5, 5.41) is 0. The first-order chi connectivity index (χ1) is 7.88. The predicted octanol–water partition coefficient (Wildman–Crippen LogP) is 2.94. The van der Waals surface area contributed by atoms with Crippen LogP contribution in [0.25, 0.3) is 6.08 Å². The molecular formula is C12H10CrO3S. The Morgan fingerprint density at radius 1 is 1.06 bits per heavy atom. The topological polar surface area (TPSA) is 59.7 Å². The fourth-order valence-electron chi connectivity index (χ4n) is 0.835. The molecule has 0 fully saturated rings. The molecule has 0 unspecified atom stereocenters. The molecule has 0 aliphatic heterocycles. The molecule has 0 radical (unpaired) electrons. The molecule has 0 atom stereocenters. The van der Waals surface area contributed by atoms with Crippen molar-refractivity contribution in [2.45, 2.75) is 4.90 Å². The molecule has 0 saturated heterocycles. The first kappa shape index (κ1) is 25.0. The van der Waals surface area contributed by atoms with E-state index in [9.17, 15) is 0 Å². The maximum atomic E-state index is 7.50. The Morgan fingerprint density at radius 3 is 1.76 bits per heavy atom. The molecule has 0 bridgehead atoms. The molecule has 0 aromatic heterocycles. The van der Waals surface area contributed by atoms with Crippen LogP contribution in [0.3, 0.4) is 0 Å². The van der Waals surface area contributed by atoms with Gasteiger partial charge in [0.15, 0.2) is 0 Å². The van der Waals surface area contributed by atoms with E-state index < -0.39 is 0 Å². The van der Waals surface area contributed by atoms with E-state index in [0.717, 1.165) is 0 Å². The Morgan fingerprint density at radius 2 is 1.47 bits per heavy atom. The molecule has 1 aromatic rings. The summed E-state index contributed by atoms with van der Waals surface area (Å²) < 4.78 is 22.5. The second kappa shape index (κ2) is 24.3. The third-order valence-corrected chi connectivity index (χ3v) is 2.17. The second-order valence-electron chi connectivity index (χ2n) is 1.95. The maximum absolute atomic E-state index is 7.50. The third kappa shape index (κ3) is 13.0. The van der Waals surface area contributed by atoms with Crippen LogP contribution in [0.4, 0.5) is 0 Å². The van der Waals surface area contributed by atoms with Gasteiger partial charge in [-0.2, -0.15) is 0 Å². The third-order valence-electron chi connectivity index (χ3n) is 1.36. The van der Waals surface area contributed by atoms with E-state index in [0.29, 0.717) is 0 Å². The second-order valence-corrected chi connectivity index (χ2v) is 2.79. The summed E-state index contributed by atoms with van der Waals surface area (Å²) in [5.41, 5.74) is 1.22. The van der Waals surface area contributed by atoms with Crippen molar-refractivity contribution in [2.24, 2.45) is 0 Å². The van der Waals surface area contributed by atoms with Crippen molar-refractivity contribution in [3.8, 4) is 0 Å². The molecule has 3 nitrogen and oxygen atoms in total. The molecule has 0 saturated carbocycles. The number of rotatable bonds is 2. The van der Waals surface area contributed by atoms with Crippen molar-refractivity contribution in [1.82, 2.24) is 0 Å². The van der Waals surface area contributed by atoms with Crippen LogP contribution < -0.4 is 0 Å². The zero-order valence-corrected chi connectivity index (χ0v) is 11.2. The Hall–Kier alpha value is -0.938. The van der Waals surface area contributed by atoms with Gasteiger partial charge in [-0.25, -0.2) is 0 Å². The smallest absolute Gasteiger partial charge is 0 e. The van der Waals surface area contributed by atoms with Gasteiger partial charge in [-0.15, -0.1) is 11.8 Å². The van der Waals surface area contributed by atoms with E-state index in [-0.39, 0.29) is 17.4 Å². The number of hydrogen-bond donors (Lipinski definition) is 0. The van der Waals surface area contributed by atoms with Gasteiger partial charge in [-0.05, 0) is 17.9 Å². The van der Waals surface area contributed by atoms with Crippen molar-refractivity contribution < 1.29 is 31.3 Å². The summed E-state index contributed by atoms with van der Waals surface area (Å²) in [5.74, 6) is 0. The van der Waals surface area contributed by atoms with Gasteiger partial charge in [0, 0.05) is 22.3 Å². The predicted molar refractivity (Wildman–Crippen MR) is 60.1 cm³/mol. The van der Waals surface area contributed by atoms with E-state index >= 15 is 0 Å². The summed E-state index contributed by atoms with van der Waals surface area (Å²) >= 11 is 1.75. The normalized spacial score (nSPS) is 5.82. The molecule has 5 heteroatoms. The monoisotopic (exact) mass is 286 g/mol. The van der Waals surface area contributed by atoms with E-state index in [1.165, 1.54) is 10.5 Å². The van der Waals surface area contributed by atoms with E-state index in [1.54, 1.807) is 11.8 Å². The van der Waals surface area contributed by atoms with Crippen LogP contribution >= 0.6 is 11.8 Å². The summed E-state index contributed by atoms with van der Waals surface area (Å²) in [7, 11) is 0. The largest absolute Gasteiger partial charge is 0 e. The van der Waals surface area contributed by atoms with Gasteiger partial charge in [0.2, 0.25) is 0 Å². The molecule has 0 aliphatic carbocycles. The Labute approximate surface area is 117 Å². The molecule has 0 N–H and O–H groups in total. The summed E-state index contributed by atoms with van der Waals surface area (Å²) in [6, 6.07) is 8.23. The van der Waals surface area contributed by atoms with Gasteiger partial charge in [0.05, 0.1) is 0 Å². The van der Waals surface area contributed by atoms with Gasteiger partial charge < -0.3 is 0 Å². The van der Waals surface area contributed by atoms with Crippen LogP contribution in [0.2, 0.25) is 0 Å². The Bertz CT molecular complexity index is 331. The summed E-state index contributed by atoms with van der Waals surface area (Å²) in [6.07, 6.45) is 3.95. The van der Waals surface area contributed by atoms with Gasteiger partial charge in [-0.3, -0.25) is 0 Å². The number of benzene rings is 1. The minimum Gasteiger partial charge on any atom is 0 e. The van der Waals surface area contributed by atoms with Crippen LogP contribution in [0.5, 0.6) is 0 Å². The van der Waals surface area contributed by atoms with Crippen molar-refractivity contribution in [1.29, 1.82) is 0 Å². The van der Waals surface area contributed by atoms with Crippen LogP contribution in [0, 0.1) is 20.0 Å². The SMILES string of the molecule is C=Cc1ccccc1SC.[C-]#[O+].[C-]#[O+].[C-]#[O+].[Cr]. The van der Waals surface area contributed by atoms with Crippen molar-refractivity contribution >= 4 is 17.8 Å². The van der Waals surface area contributed by atoms with E-state index in [1.807, 2.05) is 18.2 Å². The van der Waals surface area contributed by atoms with Crippen LogP contribution in [-0.4, -0.2) is 6.26 Å². The van der Waals surface area contributed by atoms with Gasteiger partial charge in [0.25, 0.3) is 0 Å². The van der Waals surface area contributed by atoms with Gasteiger partial charge >= 0.3 is 33.9 Å². The zero-order chi connectivity index (χ0) is 13.4. The average molecular weight is 286 g/mol. The van der Waals surface area contributed by atoms with Gasteiger partial charge in [0.1, 0.15) is 0 Å². The molecule has 0 aliphatic rings. The fraction of sp³-hybridized carbons (Fsp3) is 0.0833. The summed E-state index contributed by atoms with van der Waals surface area (Å²) in [4.78, 5) is 1.29. The van der Waals surface area contributed by atoms with E-state index in [2.05, 4.69) is 44.9 Å². The zero-order valence-electron chi connectivity index (χ0n) is 9.14. The summed E-state index contributed by atoms with van der Waals surface area (Å²) in [6.45, 7) is 17.2. The molecule has 17 heavy (non-hydrogen) atoms. The molecule has 0 spiro atoms. The first-order valence-electron chi connectivity index (χ1n) is 3.75. The molecule has 1 rings (SSSR count). The van der Waals surface area contributed by atoms with Crippen molar-refractivity contribution in [3.05, 3.63) is 56.4 Å². The molecule has 88 valence electrons. The first-order valence-corrected chi connectivity index (χ1v) is 4.97.